The molecule has 0 saturated carbocycles. The molecule has 1 saturated heterocycles. The van der Waals surface area contributed by atoms with E-state index in [2.05, 4.69) is 10.6 Å². The molecule has 0 unspecified atom stereocenters. The van der Waals surface area contributed by atoms with Gasteiger partial charge in [-0.2, -0.15) is 0 Å². The van der Waals surface area contributed by atoms with Crippen molar-refractivity contribution in [3.63, 3.8) is 0 Å². The van der Waals surface area contributed by atoms with Crippen molar-refractivity contribution in [1.29, 1.82) is 0 Å². The molecule has 1 aliphatic heterocycles. The highest BCUT2D eigenvalue weighted by molar-refractivity contribution is 8.18. The first-order valence-corrected chi connectivity index (χ1v) is 13.0. The zero-order valence-electron chi connectivity index (χ0n) is 21.4. The van der Waals surface area contributed by atoms with E-state index in [4.69, 9.17) is 9.47 Å². The van der Waals surface area contributed by atoms with Gasteiger partial charge in [-0.15, -0.1) is 0 Å². The van der Waals surface area contributed by atoms with Crippen LogP contribution in [0.4, 0.5) is 16.2 Å². The van der Waals surface area contributed by atoms with E-state index in [1.807, 2.05) is 38.1 Å². The van der Waals surface area contributed by atoms with Crippen molar-refractivity contribution in [1.82, 2.24) is 4.90 Å². The fourth-order valence-electron chi connectivity index (χ4n) is 3.72. The molecule has 200 valence electrons. The minimum Gasteiger partial charge on any atom is -0.490 e. The van der Waals surface area contributed by atoms with Gasteiger partial charge >= 0.3 is 0 Å². The molecule has 39 heavy (non-hydrogen) atoms. The molecule has 9 nitrogen and oxygen atoms in total. The van der Waals surface area contributed by atoms with Crippen LogP contribution in [0.15, 0.2) is 77.7 Å². The number of benzene rings is 3. The second-order valence-electron chi connectivity index (χ2n) is 8.53. The maximum absolute atomic E-state index is 12.9. The number of amides is 4. The van der Waals surface area contributed by atoms with Crippen LogP contribution < -0.4 is 20.1 Å². The van der Waals surface area contributed by atoms with Crippen molar-refractivity contribution in [2.45, 2.75) is 13.8 Å². The van der Waals surface area contributed by atoms with Crippen LogP contribution in [-0.4, -0.2) is 47.6 Å². The number of nitrogens with one attached hydrogen (secondary N) is 2. The topological polar surface area (TPSA) is 114 Å². The van der Waals surface area contributed by atoms with Crippen molar-refractivity contribution in [2.24, 2.45) is 0 Å². The minimum absolute atomic E-state index is 0.182. The number of thioether (sulfide) groups is 1. The second-order valence-corrected chi connectivity index (χ2v) is 9.52. The number of carbonyl (C=O) groups excluding carboxylic acids is 4. The SMILES string of the molecule is CCOc1cc(/C=C2\SC(=O)N(CC(=O)Nc3ccccc3)C2=O)ccc1OCC(=O)Nc1cccc(C)c1. The maximum Gasteiger partial charge on any atom is 0.294 e. The van der Waals surface area contributed by atoms with Gasteiger partial charge in [0.05, 0.1) is 11.5 Å². The van der Waals surface area contributed by atoms with Crippen molar-refractivity contribution < 1.29 is 28.7 Å². The number of nitrogens with zero attached hydrogens (tertiary/aromatic N) is 1. The molecule has 3 aromatic rings. The highest BCUT2D eigenvalue weighted by atomic mass is 32.2. The molecule has 3 aromatic carbocycles. The summed E-state index contributed by atoms with van der Waals surface area (Å²) in [5, 5.41) is 4.92. The Balaban J connectivity index is 1.40. The molecule has 1 fully saturated rings. The standard InChI is InChI=1S/C29H27N3O6S/c1-3-37-24-15-20(12-13-23(24)38-18-27(34)31-22-11-7-8-19(2)14-22)16-25-28(35)32(29(36)39-25)17-26(33)30-21-9-5-4-6-10-21/h4-16H,3,17-18H2,1-2H3,(H,30,33)(H,31,34)/b25-16-. The van der Waals surface area contributed by atoms with Crippen LogP contribution in [0.25, 0.3) is 6.08 Å². The summed E-state index contributed by atoms with van der Waals surface area (Å²) in [4.78, 5) is 51.1. The monoisotopic (exact) mass is 545 g/mol. The summed E-state index contributed by atoms with van der Waals surface area (Å²) in [6.07, 6.45) is 1.55. The Morgan fingerprint density at radius 1 is 0.872 bits per heavy atom. The summed E-state index contributed by atoms with van der Waals surface area (Å²) in [5.74, 6) is -0.608. The van der Waals surface area contributed by atoms with Gasteiger partial charge in [-0.3, -0.25) is 24.1 Å². The zero-order chi connectivity index (χ0) is 27.8. The predicted molar refractivity (Wildman–Crippen MR) is 151 cm³/mol. The van der Waals surface area contributed by atoms with Gasteiger partial charge in [0.15, 0.2) is 18.1 Å². The molecule has 0 bridgehead atoms. The molecule has 0 aliphatic carbocycles. The van der Waals surface area contributed by atoms with Crippen LogP contribution in [0.2, 0.25) is 0 Å². The van der Waals surface area contributed by atoms with E-state index >= 15 is 0 Å². The van der Waals surface area contributed by atoms with Crippen molar-refractivity contribution in [2.75, 3.05) is 30.4 Å². The Morgan fingerprint density at radius 2 is 1.62 bits per heavy atom. The Bertz CT molecular complexity index is 1420. The number of para-hydroxylation sites is 1. The summed E-state index contributed by atoms with van der Waals surface area (Å²) in [6.45, 7) is 3.48. The first-order valence-electron chi connectivity index (χ1n) is 12.2. The number of aryl methyl sites for hydroxylation is 1. The average Bonchev–Trinajstić information content (AvgIpc) is 3.16. The van der Waals surface area contributed by atoms with Crippen LogP contribution in [0.3, 0.4) is 0 Å². The summed E-state index contributed by atoms with van der Waals surface area (Å²) < 4.78 is 11.4. The number of hydrogen-bond acceptors (Lipinski definition) is 7. The summed E-state index contributed by atoms with van der Waals surface area (Å²) >= 11 is 0.758. The lowest BCUT2D eigenvalue weighted by Gasteiger charge is -2.13. The molecule has 0 spiro atoms. The van der Waals surface area contributed by atoms with Crippen LogP contribution in [0.1, 0.15) is 18.1 Å². The largest absolute Gasteiger partial charge is 0.490 e. The van der Waals surface area contributed by atoms with Crippen LogP contribution in [0, 0.1) is 6.92 Å². The van der Waals surface area contributed by atoms with E-state index in [-0.39, 0.29) is 17.4 Å². The Morgan fingerprint density at radius 3 is 2.36 bits per heavy atom. The van der Waals surface area contributed by atoms with E-state index < -0.39 is 23.6 Å². The van der Waals surface area contributed by atoms with Crippen molar-refractivity contribution >= 4 is 52.2 Å². The molecule has 0 atom stereocenters. The van der Waals surface area contributed by atoms with E-state index in [1.54, 1.807) is 54.6 Å². The average molecular weight is 546 g/mol. The lowest BCUT2D eigenvalue weighted by atomic mass is 10.2. The van der Waals surface area contributed by atoms with E-state index in [0.717, 1.165) is 22.2 Å². The zero-order valence-corrected chi connectivity index (χ0v) is 22.2. The van der Waals surface area contributed by atoms with Gasteiger partial charge in [-0.1, -0.05) is 36.4 Å². The molecule has 4 amide bonds. The molecule has 1 heterocycles. The predicted octanol–water partition coefficient (Wildman–Crippen LogP) is 5.09. The number of rotatable bonds is 10. The highest BCUT2D eigenvalue weighted by Gasteiger charge is 2.36. The van der Waals surface area contributed by atoms with Gasteiger partial charge in [0.1, 0.15) is 6.54 Å². The second kappa shape index (κ2) is 12.8. The number of carbonyl (C=O) groups is 4. The Kier molecular flexibility index (Phi) is 9.01. The van der Waals surface area contributed by atoms with Crippen LogP contribution in [-0.2, 0) is 14.4 Å². The number of imide groups is 1. The molecule has 10 heteroatoms. The third-order valence-corrected chi connectivity index (χ3v) is 6.37. The third kappa shape index (κ3) is 7.48. The first-order chi connectivity index (χ1) is 18.8. The summed E-state index contributed by atoms with van der Waals surface area (Å²) in [6, 6.07) is 21.2. The molecule has 0 radical (unpaired) electrons. The lowest BCUT2D eigenvalue weighted by Crippen LogP contribution is -2.36. The summed E-state index contributed by atoms with van der Waals surface area (Å²) in [7, 11) is 0. The molecule has 4 rings (SSSR count). The molecule has 2 N–H and O–H groups in total. The molecule has 1 aliphatic rings. The maximum atomic E-state index is 12.9. The van der Waals surface area contributed by atoms with E-state index in [9.17, 15) is 19.2 Å². The third-order valence-electron chi connectivity index (χ3n) is 5.46. The van der Waals surface area contributed by atoms with Crippen LogP contribution >= 0.6 is 11.8 Å². The fourth-order valence-corrected chi connectivity index (χ4v) is 4.56. The smallest absolute Gasteiger partial charge is 0.294 e. The van der Waals surface area contributed by atoms with E-state index in [1.165, 1.54) is 0 Å². The highest BCUT2D eigenvalue weighted by Crippen LogP contribution is 2.34. The quantitative estimate of drug-likeness (QED) is 0.341. The van der Waals surface area contributed by atoms with Gasteiger partial charge < -0.3 is 20.1 Å². The molecular formula is C29H27N3O6S. The van der Waals surface area contributed by atoms with Gasteiger partial charge in [-0.05, 0) is 79.2 Å². The molecular weight excluding hydrogens is 518 g/mol. The number of hydrogen-bond donors (Lipinski definition) is 2. The van der Waals surface area contributed by atoms with Crippen molar-refractivity contribution in [3.05, 3.63) is 88.8 Å². The Labute approximate surface area is 230 Å². The van der Waals surface area contributed by atoms with Gasteiger partial charge in [0.25, 0.3) is 17.1 Å². The van der Waals surface area contributed by atoms with Gasteiger partial charge in [0, 0.05) is 11.4 Å². The first kappa shape index (κ1) is 27.5. The van der Waals surface area contributed by atoms with E-state index in [0.29, 0.717) is 35.0 Å². The molecule has 0 aromatic heterocycles. The van der Waals surface area contributed by atoms with Gasteiger partial charge in [-0.25, -0.2) is 0 Å². The van der Waals surface area contributed by atoms with Gasteiger partial charge in [0.2, 0.25) is 5.91 Å². The Hall–Kier alpha value is -4.57. The normalized spacial score (nSPS) is 13.9. The fraction of sp³-hybridized carbons (Fsp3) is 0.172. The van der Waals surface area contributed by atoms with Crippen molar-refractivity contribution in [3.8, 4) is 11.5 Å². The number of anilines is 2. The minimum atomic E-state index is -0.556. The summed E-state index contributed by atoms with van der Waals surface area (Å²) in [5.41, 5.74) is 2.87. The lowest BCUT2D eigenvalue weighted by molar-refractivity contribution is -0.127. The van der Waals surface area contributed by atoms with Crippen LogP contribution in [0.5, 0.6) is 11.5 Å². The number of ether oxygens (including phenoxy) is 2.